The highest BCUT2D eigenvalue weighted by Crippen LogP contribution is 2.29. The molecule has 194 valence electrons. The quantitative estimate of drug-likeness (QED) is 0.295. The van der Waals surface area contributed by atoms with Crippen molar-refractivity contribution < 1.29 is 33.0 Å². The standard InChI is InChI=1S/C27H21BrFN3O6/c1-2-37-21-10-8-20(9-11-21)32-26(35)22(25(34)31-27(32)36)14-16-13-17(28)3-12-23(16)38-15-24(33)30-19-6-4-18(29)5-7-19/h3-14H,2,15H2,1H3,(H,30,33)(H,31,34,36)/b22-14+. The van der Waals surface area contributed by atoms with Crippen molar-refractivity contribution in [3.05, 3.63) is 88.2 Å². The van der Waals surface area contributed by atoms with Crippen molar-refractivity contribution in [3.8, 4) is 11.5 Å². The molecule has 1 aliphatic rings. The minimum absolute atomic E-state index is 0.208. The molecule has 0 aromatic heterocycles. The molecule has 4 rings (SSSR count). The van der Waals surface area contributed by atoms with Gasteiger partial charge < -0.3 is 14.8 Å². The molecular weight excluding hydrogens is 561 g/mol. The van der Waals surface area contributed by atoms with E-state index in [0.29, 0.717) is 28.1 Å². The van der Waals surface area contributed by atoms with E-state index in [4.69, 9.17) is 9.47 Å². The van der Waals surface area contributed by atoms with Crippen LogP contribution in [0, 0.1) is 5.82 Å². The molecule has 11 heteroatoms. The normalized spacial score (nSPS) is 14.3. The first-order chi connectivity index (χ1) is 18.2. The van der Waals surface area contributed by atoms with Gasteiger partial charge in [0.2, 0.25) is 0 Å². The molecule has 1 heterocycles. The maximum absolute atomic E-state index is 13.3. The number of rotatable bonds is 8. The maximum Gasteiger partial charge on any atom is 0.335 e. The Morgan fingerprint density at radius 1 is 1.03 bits per heavy atom. The number of ether oxygens (including phenoxy) is 2. The zero-order chi connectivity index (χ0) is 27.2. The van der Waals surface area contributed by atoms with Crippen molar-refractivity contribution in [2.45, 2.75) is 6.92 Å². The predicted octanol–water partition coefficient (Wildman–Crippen LogP) is 4.67. The number of hydrogen-bond acceptors (Lipinski definition) is 6. The number of carbonyl (C=O) groups is 4. The van der Waals surface area contributed by atoms with Gasteiger partial charge in [-0.2, -0.15) is 0 Å². The predicted molar refractivity (Wildman–Crippen MR) is 141 cm³/mol. The summed E-state index contributed by atoms with van der Waals surface area (Å²) in [5.74, 6) is -1.87. The highest BCUT2D eigenvalue weighted by molar-refractivity contribution is 9.10. The van der Waals surface area contributed by atoms with Gasteiger partial charge in [0.15, 0.2) is 6.61 Å². The van der Waals surface area contributed by atoms with E-state index in [2.05, 4.69) is 26.6 Å². The van der Waals surface area contributed by atoms with Crippen LogP contribution in [-0.2, 0) is 14.4 Å². The number of hydrogen-bond donors (Lipinski definition) is 2. The highest BCUT2D eigenvalue weighted by Gasteiger charge is 2.37. The molecule has 0 bridgehead atoms. The van der Waals surface area contributed by atoms with Crippen LogP contribution >= 0.6 is 15.9 Å². The van der Waals surface area contributed by atoms with Gasteiger partial charge in [-0.05, 0) is 79.7 Å². The molecule has 3 aromatic rings. The Labute approximate surface area is 225 Å². The molecule has 0 saturated carbocycles. The first-order valence-corrected chi connectivity index (χ1v) is 12.2. The van der Waals surface area contributed by atoms with Crippen LogP contribution in [0.25, 0.3) is 6.08 Å². The largest absolute Gasteiger partial charge is 0.494 e. The molecule has 0 radical (unpaired) electrons. The molecule has 0 spiro atoms. The second-order valence-electron chi connectivity index (χ2n) is 7.91. The van der Waals surface area contributed by atoms with Crippen LogP contribution in [0.3, 0.4) is 0 Å². The SMILES string of the molecule is CCOc1ccc(N2C(=O)NC(=O)/C(=C\c3cc(Br)ccc3OCC(=O)Nc3ccc(F)cc3)C2=O)cc1. The minimum Gasteiger partial charge on any atom is -0.494 e. The van der Waals surface area contributed by atoms with Gasteiger partial charge in [-0.1, -0.05) is 15.9 Å². The van der Waals surface area contributed by atoms with Crippen molar-refractivity contribution in [2.75, 3.05) is 23.4 Å². The summed E-state index contributed by atoms with van der Waals surface area (Å²) in [5.41, 5.74) is 0.643. The van der Waals surface area contributed by atoms with Crippen molar-refractivity contribution in [1.29, 1.82) is 0 Å². The fourth-order valence-electron chi connectivity index (χ4n) is 3.54. The van der Waals surface area contributed by atoms with Gasteiger partial charge in [0.1, 0.15) is 22.9 Å². The van der Waals surface area contributed by atoms with Crippen molar-refractivity contribution in [2.24, 2.45) is 0 Å². The number of carbonyl (C=O) groups excluding carboxylic acids is 4. The fraction of sp³-hybridized carbons (Fsp3) is 0.111. The molecule has 3 aromatic carbocycles. The average molecular weight is 582 g/mol. The van der Waals surface area contributed by atoms with E-state index in [-0.39, 0.29) is 17.0 Å². The van der Waals surface area contributed by atoms with Gasteiger partial charge in [-0.15, -0.1) is 0 Å². The monoisotopic (exact) mass is 581 g/mol. The lowest BCUT2D eigenvalue weighted by Crippen LogP contribution is -2.54. The zero-order valence-corrected chi connectivity index (χ0v) is 21.6. The van der Waals surface area contributed by atoms with Crippen molar-refractivity contribution >= 4 is 57.1 Å². The summed E-state index contributed by atoms with van der Waals surface area (Å²) in [4.78, 5) is 51.5. The number of anilines is 2. The number of urea groups is 1. The molecule has 5 amide bonds. The lowest BCUT2D eigenvalue weighted by molar-refractivity contribution is -0.122. The van der Waals surface area contributed by atoms with Gasteiger partial charge in [-0.25, -0.2) is 14.1 Å². The number of nitrogens with zero attached hydrogens (tertiary/aromatic N) is 1. The molecule has 0 aliphatic carbocycles. The lowest BCUT2D eigenvalue weighted by Gasteiger charge is -2.26. The molecule has 1 fully saturated rings. The third kappa shape index (κ3) is 6.24. The van der Waals surface area contributed by atoms with E-state index in [1.54, 1.807) is 30.3 Å². The van der Waals surface area contributed by atoms with Crippen LogP contribution in [0.15, 0.2) is 76.8 Å². The van der Waals surface area contributed by atoms with E-state index in [1.807, 2.05) is 6.92 Å². The number of nitrogens with one attached hydrogen (secondary N) is 2. The number of imide groups is 2. The Balaban J connectivity index is 1.56. The van der Waals surface area contributed by atoms with Gasteiger partial charge in [0, 0.05) is 15.7 Å². The zero-order valence-electron chi connectivity index (χ0n) is 20.0. The van der Waals surface area contributed by atoms with E-state index < -0.39 is 36.2 Å². The van der Waals surface area contributed by atoms with Crippen LogP contribution in [0.4, 0.5) is 20.6 Å². The van der Waals surface area contributed by atoms with E-state index in [0.717, 1.165) is 4.90 Å². The van der Waals surface area contributed by atoms with Crippen LogP contribution in [0.2, 0.25) is 0 Å². The number of amides is 5. The van der Waals surface area contributed by atoms with Crippen molar-refractivity contribution in [3.63, 3.8) is 0 Å². The number of benzene rings is 3. The molecule has 1 saturated heterocycles. The van der Waals surface area contributed by atoms with Crippen molar-refractivity contribution in [1.82, 2.24) is 5.32 Å². The van der Waals surface area contributed by atoms with Gasteiger partial charge in [0.25, 0.3) is 17.7 Å². The van der Waals surface area contributed by atoms with Crippen LogP contribution in [-0.4, -0.2) is 37.0 Å². The van der Waals surface area contributed by atoms with E-state index in [9.17, 15) is 23.6 Å². The van der Waals surface area contributed by atoms with Crippen LogP contribution < -0.4 is 25.0 Å². The average Bonchev–Trinajstić information content (AvgIpc) is 2.88. The third-order valence-corrected chi connectivity index (χ3v) is 5.76. The lowest BCUT2D eigenvalue weighted by atomic mass is 10.1. The second-order valence-corrected chi connectivity index (χ2v) is 8.83. The van der Waals surface area contributed by atoms with E-state index >= 15 is 0 Å². The fourth-order valence-corrected chi connectivity index (χ4v) is 3.92. The Hall–Kier alpha value is -4.51. The Bertz CT molecular complexity index is 1420. The van der Waals surface area contributed by atoms with Gasteiger partial charge in [-0.3, -0.25) is 19.7 Å². The Morgan fingerprint density at radius 2 is 1.74 bits per heavy atom. The minimum atomic E-state index is -0.885. The first kappa shape index (κ1) is 26.6. The Morgan fingerprint density at radius 3 is 2.42 bits per heavy atom. The van der Waals surface area contributed by atoms with E-state index in [1.165, 1.54) is 42.5 Å². The molecular formula is C27H21BrFN3O6. The molecule has 2 N–H and O–H groups in total. The molecule has 0 unspecified atom stereocenters. The summed E-state index contributed by atoms with van der Waals surface area (Å²) in [6.45, 7) is 1.89. The summed E-state index contributed by atoms with van der Waals surface area (Å²) >= 11 is 3.34. The summed E-state index contributed by atoms with van der Waals surface area (Å²) in [6, 6.07) is 15.4. The number of barbiturate groups is 1. The smallest absolute Gasteiger partial charge is 0.335 e. The molecule has 38 heavy (non-hydrogen) atoms. The highest BCUT2D eigenvalue weighted by atomic mass is 79.9. The van der Waals surface area contributed by atoms with Gasteiger partial charge in [0.05, 0.1) is 12.3 Å². The summed E-state index contributed by atoms with van der Waals surface area (Å²) in [7, 11) is 0. The second kappa shape index (κ2) is 11.7. The topological polar surface area (TPSA) is 114 Å². The van der Waals surface area contributed by atoms with Crippen LogP contribution in [0.1, 0.15) is 12.5 Å². The maximum atomic E-state index is 13.3. The first-order valence-electron chi connectivity index (χ1n) is 11.4. The summed E-state index contributed by atoms with van der Waals surface area (Å²) < 4.78 is 24.7. The number of halogens is 2. The van der Waals surface area contributed by atoms with Crippen LogP contribution in [0.5, 0.6) is 11.5 Å². The van der Waals surface area contributed by atoms with Gasteiger partial charge >= 0.3 is 6.03 Å². The Kier molecular flexibility index (Phi) is 8.17. The third-order valence-electron chi connectivity index (χ3n) is 5.27. The molecule has 0 atom stereocenters. The molecule has 9 nitrogen and oxygen atoms in total. The molecule has 1 aliphatic heterocycles. The summed E-state index contributed by atoms with van der Waals surface area (Å²) in [5, 5.41) is 4.75. The summed E-state index contributed by atoms with van der Waals surface area (Å²) in [6.07, 6.45) is 1.28.